The van der Waals surface area contributed by atoms with Gasteiger partial charge in [0.15, 0.2) is 0 Å². The molecule has 3 amide bonds. The van der Waals surface area contributed by atoms with Crippen LogP contribution in [0.2, 0.25) is 0 Å². The highest BCUT2D eigenvalue weighted by Crippen LogP contribution is 2.50. The number of carboxylic acids is 4. The van der Waals surface area contributed by atoms with Crippen LogP contribution in [0.4, 0.5) is 4.79 Å². The summed E-state index contributed by atoms with van der Waals surface area (Å²) in [7, 11) is 0. The summed E-state index contributed by atoms with van der Waals surface area (Å²) in [4.78, 5) is 106. The van der Waals surface area contributed by atoms with Gasteiger partial charge in [0.25, 0.3) is 5.91 Å². The zero-order chi connectivity index (χ0) is 92.5. The van der Waals surface area contributed by atoms with E-state index in [4.69, 9.17) is 0 Å². The van der Waals surface area contributed by atoms with E-state index in [0.29, 0.717) is 101 Å². The van der Waals surface area contributed by atoms with E-state index in [-0.39, 0.29) is 17.7 Å². The van der Waals surface area contributed by atoms with Crippen LogP contribution in [0.25, 0.3) is 64.1 Å². The number of benzene rings is 5. The third-order valence-electron chi connectivity index (χ3n) is 28.4. The van der Waals surface area contributed by atoms with Crippen LogP contribution in [0, 0.1) is 47.3 Å². The van der Waals surface area contributed by atoms with Crippen LogP contribution < -0.4 is 5.32 Å². The van der Waals surface area contributed by atoms with Crippen molar-refractivity contribution >= 4 is 109 Å². The van der Waals surface area contributed by atoms with Gasteiger partial charge in [0.1, 0.15) is 25.3 Å². The zero-order valence-corrected chi connectivity index (χ0v) is 80.4. The highest BCUT2D eigenvalue weighted by Gasteiger charge is 2.39. The lowest BCUT2D eigenvalue weighted by Gasteiger charge is -2.37. The van der Waals surface area contributed by atoms with Gasteiger partial charge in [-0.15, -0.1) is 45.3 Å². The Morgan fingerprint density at radius 2 is 0.659 bits per heavy atom. The average molecular weight is 1850 g/mol. The molecule has 0 spiro atoms. The summed E-state index contributed by atoms with van der Waals surface area (Å²) in [5.41, 5.74) is 19.8. The molecule has 9 heterocycles. The molecule has 0 bridgehead atoms. The molecule has 132 heavy (non-hydrogen) atoms. The number of rotatable bonds is 22. The Balaban J connectivity index is 0.000000135. The lowest BCUT2D eigenvalue weighted by atomic mass is 9.75. The highest BCUT2D eigenvalue weighted by atomic mass is 32.1. The van der Waals surface area contributed by atoms with Crippen molar-refractivity contribution in [3.8, 4) is 41.8 Å². The minimum atomic E-state index is -0.876. The number of urea groups is 1. The molecular formula is C111H126N6O11S4. The molecule has 0 atom stereocenters. The first kappa shape index (κ1) is 95.8. The third-order valence-corrected chi connectivity index (χ3v) is 33.1. The molecule has 5 aromatic heterocycles. The highest BCUT2D eigenvalue weighted by molar-refractivity contribution is 7.18. The van der Waals surface area contributed by atoms with Gasteiger partial charge in [-0.2, -0.15) is 0 Å². The minimum absolute atomic E-state index is 0.0259. The fraction of sp³-hybridized carbons (Fsp3) is 0.405. The first-order valence-electron chi connectivity index (χ1n) is 47.8. The van der Waals surface area contributed by atoms with E-state index in [1.54, 1.807) is 6.92 Å². The van der Waals surface area contributed by atoms with E-state index in [1.165, 1.54) is 143 Å². The maximum absolute atomic E-state index is 13.3. The fourth-order valence-corrected chi connectivity index (χ4v) is 25.3. The summed E-state index contributed by atoms with van der Waals surface area (Å²) >= 11 is 5.49. The number of pyridine rings is 1. The van der Waals surface area contributed by atoms with Gasteiger partial charge in [-0.05, 0) is 254 Å². The summed E-state index contributed by atoms with van der Waals surface area (Å²) in [6.07, 6.45) is 23.8. The fourth-order valence-electron chi connectivity index (χ4n) is 21.2. The van der Waals surface area contributed by atoms with Crippen molar-refractivity contribution in [3.05, 3.63) is 276 Å². The SMILES string of the molecule is CC(=O)CN1CCC(c2cc(-c3ccccc3)sc2C(=O)O)=C(C2CCC(C)CC2)C1.CC1CCC(C2=C(c3cc(-c4ccccc4)sc3C(=O)O)CCN(C(=O)c3ccccc3)C2)CC1.CC1CCC(C2=C(c3cc(-c4ccccc4)sc3C(=O)O)CCN(Cc3ccccn3)C2)CC1.CCNC(=O)N1CCC(c2cc(-c3ccccc3)sc2C(=O)O)=C(C2CCC(C)CC2)C1. The Bertz CT molecular complexity index is 5800. The normalized spacial score (nSPS) is 21.5. The maximum atomic E-state index is 13.3. The number of aromatic nitrogens is 1. The van der Waals surface area contributed by atoms with Gasteiger partial charge in [-0.3, -0.25) is 24.4 Å². The number of nitrogens with one attached hydrogen (secondary N) is 1. The van der Waals surface area contributed by atoms with Crippen LogP contribution in [0.1, 0.15) is 247 Å². The topological polar surface area (TPSA) is 238 Å². The monoisotopic (exact) mass is 1850 g/mol. The molecule has 17 nitrogen and oxygen atoms in total. The van der Waals surface area contributed by atoms with E-state index >= 15 is 0 Å². The summed E-state index contributed by atoms with van der Waals surface area (Å²) in [6.45, 7) is 20.6. The van der Waals surface area contributed by atoms with E-state index in [0.717, 1.165) is 189 Å². The second-order valence-corrected chi connectivity index (χ2v) is 41.9. The van der Waals surface area contributed by atoms with Gasteiger partial charge in [0.05, 0.1) is 12.2 Å². The lowest BCUT2D eigenvalue weighted by molar-refractivity contribution is -0.118. The van der Waals surface area contributed by atoms with Crippen LogP contribution in [0.3, 0.4) is 0 Å². The van der Waals surface area contributed by atoms with E-state index in [1.807, 2.05) is 175 Å². The largest absolute Gasteiger partial charge is 0.477 e. The second-order valence-electron chi connectivity index (χ2n) is 37.7. The van der Waals surface area contributed by atoms with Crippen LogP contribution in [-0.2, 0) is 11.3 Å². The van der Waals surface area contributed by atoms with Crippen molar-refractivity contribution in [1.82, 2.24) is 29.9 Å². The number of nitrogens with zero attached hydrogens (tertiary/aromatic N) is 5. The molecule has 4 fully saturated rings. The predicted octanol–water partition coefficient (Wildman–Crippen LogP) is 26.3. The number of aromatic carboxylic acids is 4. The summed E-state index contributed by atoms with van der Waals surface area (Å²) in [6, 6.07) is 64.1. The molecule has 4 aliphatic carbocycles. The Morgan fingerprint density at radius 3 is 0.977 bits per heavy atom. The zero-order valence-electron chi connectivity index (χ0n) is 77.1. The lowest BCUT2D eigenvalue weighted by Crippen LogP contribution is -2.44. The molecule has 21 heteroatoms. The number of carbonyl (C=O) groups excluding carboxylic acids is 3. The molecule has 4 aliphatic heterocycles. The number of carboxylic acid groups (broad SMARTS) is 4. The van der Waals surface area contributed by atoms with Crippen molar-refractivity contribution in [2.75, 3.05) is 65.4 Å². The molecule has 0 radical (unpaired) electrons. The van der Waals surface area contributed by atoms with Crippen LogP contribution >= 0.6 is 45.3 Å². The molecule has 10 aromatic rings. The first-order chi connectivity index (χ1) is 64.0. The molecule has 0 saturated heterocycles. The molecule has 5 aromatic carbocycles. The predicted molar refractivity (Wildman–Crippen MR) is 537 cm³/mol. The number of ketones is 1. The molecular weight excluding hydrogens is 1720 g/mol. The number of hydrogen-bond donors (Lipinski definition) is 5. The number of amides is 3. The number of carbonyl (C=O) groups is 7. The van der Waals surface area contributed by atoms with Crippen LogP contribution in [0.15, 0.2) is 223 Å². The third kappa shape index (κ3) is 23.9. The van der Waals surface area contributed by atoms with E-state index in [2.05, 4.69) is 90.3 Å². The standard InChI is InChI=1S/C30H31NO3S.C29H32N2O2S.C26H32N2O3S.C26H31NO3S/c1-20-12-14-21(15-13-20)26-19-31(29(32)23-10-6-3-7-11-23)17-16-24(26)25-18-27(35-28(25)30(33)34)22-8-4-2-5-9-22;1-20-10-12-21(13-11-20)26-19-31(18-23-9-5-6-15-30-23)16-14-24(26)25-17-27(34-28(25)29(32)33)22-7-3-2-4-8-22;1-3-27-26(31)28-14-13-20(22(16-28)18-11-9-17(2)10-12-18)21-15-23(32-24(21)25(29)30)19-7-5-4-6-8-19;1-17-8-10-19(11-9-17)23-16-27(15-18(2)28)13-12-21(23)22-14-24(31-25(22)26(29)30)20-6-4-3-5-7-20/h2-11,18,20-21H,12-17,19H2,1H3,(H,33,34);2-9,15,17,20-21H,10-14,16,18-19H2,1H3,(H,32,33);4-8,15,17-18H,3,9-14,16H2,1-2H3,(H,27,31)(H,29,30);3-7,14,17,19H,8-13,15-16H2,1-2H3,(H,29,30). The van der Waals surface area contributed by atoms with Crippen molar-refractivity contribution in [2.45, 2.75) is 177 Å². The van der Waals surface area contributed by atoms with Gasteiger partial charge in [-0.25, -0.2) is 24.0 Å². The van der Waals surface area contributed by atoms with Crippen molar-refractivity contribution < 1.29 is 54.0 Å². The molecule has 18 rings (SSSR count). The van der Waals surface area contributed by atoms with E-state index in [9.17, 15) is 54.0 Å². The van der Waals surface area contributed by atoms with Gasteiger partial charge >= 0.3 is 29.9 Å². The maximum Gasteiger partial charge on any atom is 0.346 e. The second kappa shape index (κ2) is 45.3. The molecule has 5 N–H and O–H groups in total. The quantitative estimate of drug-likeness (QED) is 0.0424. The van der Waals surface area contributed by atoms with Crippen molar-refractivity contribution in [2.24, 2.45) is 47.3 Å². The van der Waals surface area contributed by atoms with Crippen molar-refractivity contribution in [3.63, 3.8) is 0 Å². The average Bonchev–Trinajstić information content (AvgIpc) is 1.57. The molecule has 0 unspecified atom stereocenters. The summed E-state index contributed by atoms with van der Waals surface area (Å²) in [5.74, 6) is 1.68. The molecule has 8 aliphatic rings. The van der Waals surface area contributed by atoms with Gasteiger partial charge < -0.3 is 35.5 Å². The number of thiophene rings is 4. The van der Waals surface area contributed by atoms with Crippen molar-refractivity contribution in [1.29, 1.82) is 0 Å². The van der Waals surface area contributed by atoms with Crippen LogP contribution in [0.5, 0.6) is 0 Å². The minimum Gasteiger partial charge on any atom is -0.477 e. The van der Waals surface area contributed by atoms with Gasteiger partial charge in [0, 0.05) is 119 Å². The number of hydrogen-bond acceptors (Lipinski definition) is 14. The Hall–Kier alpha value is -10.8. The Kier molecular flexibility index (Phi) is 32.9. The van der Waals surface area contributed by atoms with Gasteiger partial charge in [0.2, 0.25) is 0 Å². The number of Topliss-reactive ketones (excluding diaryl/α,β-unsaturated/α-hetero) is 1. The first-order valence-corrected chi connectivity index (χ1v) is 51.1. The smallest absolute Gasteiger partial charge is 0.346 e. The molecule has 690 valence electrons. The Labute approximate surface area is 794 Å². The molecule has 4 saturated carbocycles. The van der Waals surface area contributed by atoms with E-state index < -0.39 is 23.9 Å². The Morgan fingerprint density at radius 1 is 0.364 bits per heavy atom. The van der Waals surface area contributed by atoms with Gasteiger partial charge in [-0.1, -0.05) is 225 Å². The summed E-state index contributed by atoms with van der Waals surface area (Å²) < 4.78 is 0. The van der Waals surface area contributed by atoms with Crippen LogP contribution in [-0.4, -0.2) is 152 Å². The summed E-state index contributed by atoms with van der Waals surface area (Å²) in [5, 5.41) is 43.1.